The Morgan fingerprint density at radius 3 is 2.55 bits per heavy atom. The van der Waals surface area contributed by atoms with E-state index < -0.39 is 11.6 Å². The Morgan fingerprint density at radius 2 is 1.85 bits per heavy atom. The van der Waals surface area contributed by atoms with Crippen molar-refractivity contribution in [3.8, 4) is 0 Å². The Bertz CT molecular complexity index is 590. The lowest BCUT2D eigenvalue weighted by Gasteiger charge is -2.16. The first-order valence-corrected chi connectivity index (χ1v) is 6.61. The second-order valence-corrected chi connectivity index (χ2v) is 5.05. The number of hydrogen-bond donors (Lipinski definition) is 2. The molecule has 20 heavy (non-hydrogen) atoms. The highest BCUT2D eigenvalue weighted by atomic mass is 35.5. The molecule has 3 N–H and O–H groups in total. The molecule has 106 valence electrons. The topological polar surface area (TPSA) is 38.0 Å². The maximum Gasteiger partial charge on any atom is 0.162 e. The monoisotopic (exact) mass is 296 g/mol. The quantitative estimate of drug-likeness (QED) is 0.657. The van der Waals surface area contributed by atoms with Crippen LogP contribution in [0.25, 0.3) is 0 Å². The molecular formula is C15H15ClF2N2. The Labute approximate surface area is 121 Å². The fourth-order valence-electron chi connectivity index (χ4n) is 2.11. The Kier molecular flexibility index (Phi) is 5.06. The Morgan fingerprint density at radius 1 is 1.10 bits per heavy atom. The van der Waals surface area contributed by atoms with Crippen molar-refractivity contribution < 1.29 is 8.78 Å². The lowest BCUT2D eigenvalue weighted by molar-refractivity contribution is 0.474. The average Bonchev–Trinajstić information content (AvgIpc) is 2.43. The molecule has 5 heteroatoms. The molecule has 2 aromatic rings. The van der Waals surface area contributed by atoms with Crippen LogP contribution in [0.3, 0.4) is 0 Å². The van der Waals surface area contributed by atoms with E-state index in [1.807, 2.05) is 18.2 Å². The van der Waals surface area contributed by atoms with Gasteiger partial charge in [-0.3, -0.25) is 11.3 Å². The standard InChI is InChI=1S/C15H15ClF2N2/c16-12-5-1-3-10(7-12)8-13(20-19)9-11-4-2-6-14(17)15(11)18/h1-7,13,20H,8-9,19H2. The fourth-order valence-corrected chi connectivity index (χ4v) is 2.32. The average molecular weight is 297 g/mol. The minimum absolute atomic E-state index is 0.204. The first-order chi connectivity index (χ1) is 9.60. The first-order valence-electron chi connectivity index (χ1n) is 6.23. The lowest BCUT2D eigenvalue weighted by Crippen LogP contribution is -2.38. The zero-order valence-electron chi connectivity index (χ0n) is 10.7. The van der Waals surface area contributed by atoms with E-state index in [0.29, 0.717) is 23.4 Å². The summed E-state index contributed by atoms with van der Waals surface area (Å²) in [5.74, 6) is 3.83. The minimum Gasteiger partial charge on any atom is -0.271 e. The largest absolute Gasteiger partial charge is 0.271 e. The van der Waals surface area contributed by atoms with Crippen molar-refractivity contribution in [2.24, 2.45) is 5.84 Å². The molecule has 0 aliphatic carbocycles. The second-order valence-electron chi connectivity index (χ2n) is 4.61. The Balaban J connectivity index is 2.11. The molecule has 0 heterocycles. The van der Waals surface area contributed by atoms with Crippen LogP contribution in [0.5, 0.6) is 0 Å². The summed E-state index contributed by atoms with van der Waals surface area (Å²) in [5.41, 5.74) is 3.92. The van der Waals surface area contributed by atoms with Gasteiger partial charge >= 0.3 is 0 Å². The highest BCUT2D eigenvalue weighted by Gasteiger charge is 2.14. The number of halogens is 3. The molecule has 0 aromatic heterocycles. The SMILES string of the molecule is NNC(Cc1cccc(Cl)c1)Cc1cccc(F)c1F. The van der Waals surface area contributed by atoms with Crippen LogP contribution in [0.15, 0.2) is 42.5 Å². The van der Waals surface area contributed by atoms with Crippen LogP contribution in [-0.2, 0) is 12.8 Å². The summed E-state index contributed by atoms with van der Waals surface area (Å²) >= 11 is 5.92. The van der Waals surface area contributed by atoms with Crippen LogP contribution in [-0.4, -0.2) is 6.04 Å². The highest BCUT2D eigenvalue weighted by Crippen LogP contribution is 2.16. The number of hydrogen-bond acceptors (Lipinski definition) is 2. The molecule has 0 saturated carbocycles. The van der Waals surface area contributed by atoms with Gasteiger partial charge in [0.25, 0.3) is 0 Å². The molecule has 0 amide bonds. The second kappa shape index (κ2) is 6.79. The smallest absolute Gasteiger partial charge is 0.162 e. The highest BCUT2D eigenvalue weighted by molar-refractivity contribution is 6.30. The van der Waals surface area contributed by atoms with Gasteiger partial charge in [-0.25, -0.2) is 8.78 Å². The maximum atomic E-state index is 13.6. The van der Waals surface area contributed by atoms with Gasteiger partial charge in [-0.1, -0.05) is 35.9 Å². The van der Waals surface area contributed by atoms with Crippen molar-refractivity contribution in [2.75, 3.05) is 0 Å². The van der Waals surface area contributed by atoms with E-state index in [0.717, 1.165) is 11.6 Å². The molecule has 2 rings (SSSR count). The van der Waals surface area contributed by atoms with Gasteiger partial charge in [-0.15, -0.1) is 0 Å². The van der Waals surface area contributed by atoms with E-state index >= 15 is 0 Å². The number of rotatable bonds is 5. The van der Waals surface area contributed by atoms with Crippen LogP contribution in [0, 0.1) is 11.6 Å². The van der Waals surface area contributed by atoms with Gasteiger partial charge in [0.05, 0.1) is 0 Å². The molecule has 0 spiro atoms. The van der Waals surface area contributed by atoms with E-state index in [4.69, 9.17) is 17.4 Å². The van der Waals surface area contributed by atoms with Gasteiger partial charge in [-0.2, -0.15) is 0 Å². The third-order valence-corrected chi connectivity index (χ3v) is 3.34. The van der Waals surface area contributed by atoms with Crippen LogP contribution < -0.4 is 11.3 Å². The van der Waals surface area contributed by atoms with Crippen molar-refractivity contribution in [3.63, 3.8) is 0 Å². The summed E-state index contributed by atoms with van der Waals surface area (Å²) in [6.07, 6.45) is 0.875. The van der Waals surface area contributed by atoms with Crippen LogP contribution >= 0.6 is 11.6 Å². The van der Waals surface area contributed by atoms with Crippen LogP contribution in [0.2, 0.25) is 5.02 Å². The summed E-state index contributed by atoms with van der Waals surface area (Å²) in [6.45, 7) is 0. The molecule has 1 atom stereocenters. The predicted molar refractivity (Wildman–Crippen MR) is 76.3 cm³/mol. The van der Waals surface area contributed by atoms with E-state index in [1.54, 1.807) is 12.1 Å². The lowest BCUT2D eigenvalue weighted by atomic mass is 9.99. The third kappa shape index (κ3) is 3.76. The molecule has 2 aromatic carbocycles. The van der Waals surface area contributed by atoms with Crippen LogP contribution in [0.1, 0.15) is 11.1 Å². The Hall–Kier alpha value is -1.49. The van der Waals surface area contributed by atoms with E-state index in [9.17, 15) is 8.78 Å². The minimum atomic E-state index is -0.846. The first kappa shape index (κ1) is 14.9. The molecule has 0 aliphatic heterocycles. The van der Waals surface area contributed by atoms with E-state index in [1.165, 1.54) is 6.07 Å². The van der Waals surface area contributed by atoms with E-state index in [-0.39, 0.29) is 6.04 Å². The molecule has 0 saturated heterocycles. The van der Waals surface area contributed by atoms with Gasteiger partial charge in [-0.05, 0) is 42.2 Å². The fraction of sp³-hybridized carbons (Fsp3) is 0.200. The zero-order chi connectivity index (χ0) is 14.5. The summed E-state index contributed by atoms with van der Waals surface area (Å²) < 4.78 is 26.8. The molecule has 1 unspecified atom stereocenters. The maximum absolute atomic E-state index is 13.6. The van der Waals surface area contributed by atoms with Crippen molar-refractivity contribution in [2.45, 2.75) is 18.9 Å². The summed E-state index contributed by atoms with van der Waals surface area (Å²) in [6, 6.07) is 11.3. The number of nitrogens with one attached hydrogen (secondary N) is 1. The zero-order valence-corrected chi connectivity index (χ0v) is 11.5. The van der Waals surface area contributed by atoms with Gasteiger partial charge < -0.3 is 0 Å². The van der Waals surface area contributed by atoms with Crippen molar-refractivity contribution >= 4 is 11.6 Å². The molecule has 0 aliphatic rings. The molecule has 0 radical (unpaired) electrons. The van der Waals surface area contributed by atoms with Gasteiger partial charge in [0.2, 0.25) is 0 Å². The molecular weight excluding hydrogens is 282 g/mol. The van der Waals surface area contributed by atoms with Crippen molar-refractivity contribution in [3.05, 3.63) is 70.2 Å². The third-order valence-electron chi connectivity index (χ3n) is 3.10. The van der Waals surface area contributed by atoms with Gasteiger partial charge in [0.15, 0.2) is 11.6 Å². The summed E-state index contributed by atoms with van der Waals surface area (Å²) in [4.78, 5) is 0. The number of benzene rings is 2. The number of nitrogens with two attached hydrogens (primary N) is 1. The summed E-state index contributed by atoms with van der Waals surface area (Å²) in [7, 11) is 0. The van der Waals surface area contributed by atoms with Crippen molar-refractivity contribution in [1.29, 1.82) is 0 Å². The van der Waals surface area contributed by atoms with Crippen LogP contribution in [0.4, 0.5) is 8.78 Å². The predicted octanol–water partition coefficient (Wildman–Crippen LogP) is 3.24. The van der Waals surface area contributed by atoms with E-state index in [2.05, 4.69) is 5.43 Å². The summed E-state index contributed by atoms with van der Waals surface area (Å²) in [5, 5.41) is 0.634. The molecule has 2 nitrogen and oxygen atoms in total. The van der Waals surface area contributed by atoms with Gasteiger partial charge in [0, 0.05) is 11.1 Å². The van der Waals surface area contributed by atoms with Crippen molar-refractivity contribution in [1.82, 2.24) is 5.43 Å². The molecule has 0 bridgehead atoms. The van der Waals surface area contributed by atoms with Gasteiger partial charge in [0.1, 0.15) is 0 Å². The molecule has 0 fully saturated rings. The normalized spacial score (nSPS) is 12.4. The number of hydrazine groups is 1.